The number of rotatable bonds is 2. The van der Waals surface area contributed by atoms with Gasteiger partial charge in [0.1, 0.15) is 12.4 Å². The fraction of sp³-hybridized carbons (Fsp3) is 0.500. The minimum absolute atomic E-state index is 0.252. The van der Waals surface area contributed by atoms with E-state index < -0.39 is 10.0 Å². The summed E-state index contributed by atoms with van der Waals surface area (Å²) in [5.74, 6) is -0.0463. The van der Waals surface area contributed by atoms with Crippen molar-refractivity contribution in [2.45, 2.75) is 0 Å². The van der Waals surface area contributed by atoms with Crippen LogP contribution in [0.1, 0.15) is 0 Å². The Morgan fingerprint density at radius 1 is 1.70 bits per heavy atom. The molecule has 0 atom stereocenters. The van der Waals surface area contributed by atoms with Crippen molar-refractivity contribution in [3.8, 4) is 0 Å². The Hall–Kier alpha value is -0.590. The van der Waals surface area contributed by atoms with Crippen LogP contribution in [0.4, 0.5) is 0 Å². The Bertz CT molecular complexity index is 242. The average molecular weight is 165 g/mol. The number of sulfonamides is 1. The maximum Gasteiger partial charge on any atom is 0.216 e. The molecule has 0 amide bonds. The van der Waals surface area contributed by atoms with Crippen LogP contribution in [0.3, 0.4) is 0 Å². The van der Waals surface area contributed by atoms with Gasteiger partial charge in [-0.25, -0.2) is 13.6 Å². The lowest BCUT2D eigenvalue weighted by molar-refractivity contribution is -0.232. The molecule has 1 aliphatic rings. The molecule has 0 spiro atoms. The molecular weight excluding hydrogens is 158 g/mol. The van der Waals surface area contributed by atoms with E-state index in [4.69, 9.17) is 5.14 Å². The van der Waals surface area contributed by atoms with E-state index in [1.54, 1.807) is 0 Å². The van der Waals surface area contributed by atoms with E-state index in [1.165, 1.54) is 6.08 Å². The summed E-state index contributed by atoms with van der Waals surface area (Å²) < 4.78 is 20.8. The molecule has 6 heteroatoms. The Kier molecular flexibility index (Phi) is 1.93. The van der Waals surface area contributed by atoms with Gasteiger partial charge in [-0.3, -0.25) is 0 Å². The molecule has 58 valence electrons. The van der Waals surface area contributed by atoms with Crippen molar-refractivity contribution in [3.05, 3.63) is 11.8 Å². The van der Waals surface area contributed by atoms with Crippen LogP contribution in [0.5, 0.6) is 0 Å². The molecule has 0 fully saturated rings. The second kappa shape index (κ2) is 2.57. The van der Waals surface area contributed by atoms with Crippen molar-refractivity contribution in [1.82, 2.24) is 0 Å². The van der Waals surface area contributed by atoms with Gasteiger partial charge in [-0.1, -0.05) is 0 Å². The molecule has 10 heavy (non-hydrogen) atoms. The summed E-state index contributed by atoms with van der Waals surface area (Å²) in [5.41, 5.74) is 0. The number of hydrogen-bond donors (Lipinski definition) is 1. The summed E-state index contributed by atoms with van der Waals surface area (Å²) in [6.07, 6.45) is 1.52. The van der Waals surface area contributed by atoms with Crippen LogP contribution in [0.2, 0.25) is 0 Å². The second-order valence-corrected chi connectivity index (χ2v) is 3.46. The molecule has 1 heterocycles. The molecule has 0 aromatic rings. The first-order valence-corrected chi connectivity index (χ1v) is 4.28. The highest BCUT2D eigenvalue weighted by Crippen LogP contribution is 2.07. The maximum atomic E-state index is 10.4. The zero-order valence-corrected chi connectivity index (χ0v) is 5.93. The average Bonchev–Trinajstić information content (AvgIpc) is 2.12. The van der Waals surface area contributed by atoms with Gasteiger partial charge in [0.2, 0.25) is 10.0 Å². The van der Waals surface area contributed by atoms with E-state index in [0.717, 1.165) is 0 Å². The molecule has 1 rings (SSSR count). The molecule has 0 aliphatic carbocycles. The molecule has 0 unspecified atom stereocenters. The Morgan fingerprint density at radius 3 is 2.80 bits per heavy atom. The zero-order valence-electron chi connectivity index (χ0n) is 5.11. The van der Waals surface area contributed by atoms with Gasteiger partial charge in [0.15, 0.2) is 5.76 Å². The van der Waals surface area contributed by atoms with Crippen molar-refractivity contribution in [2.75, 3.05) is 12.4 Å². The van der Waals surface area contributed by atoms with E-state index in [1.807, 2.05) is 0 Å². The summed E-state index contributed by atoms with van der Waals surface area (Å²) in [5, 5.41) is 4.71. The first-order valence-electron chi connectivity index (χ1n) is 2.57. The topological polar surface area (TPSA) is 78.6 Å². The standard InChI is InChI=1S/C4H7NO4S/c5-10(6,7)3-4-1-2-8-9-4/h1H,2-3H2,(H2,5,6,7). The molecular formula is C4H7NO4S. The highest BCUT2D eigenvalue weighted by atomic mass is 32.2. The number of nitrogens with two attached hydrogens (primary N) is 1. The number of primary sulfonamides is 1. The molecule has 2 N–H and O–H groups in total. The fourth-order valence-corrected chi connectivity index (χ4v) is 1.11. The molecule has 0 saturated heterocycles. The highest BCUT2D eigenvalue weighted by Gasteiger charge is 2.13. The summed E-state index contributed by atoms with van der Waals surface area (Å²) in [6.45, 7) is 0.283. The van der Waals surface area contributed by atoms with Crippen LogP contribution < -0.4 is 5.14 Å². The number of hydrogen-bond acceptors (Lipinski definition) is 4. The van der Waals surface area contributed by atoms with Crippen molar-refractivity contribution < 1.29 is 18.2 Å². The van der Waals surface area contributed by atoms with Crippen LogP contribution in [-0.2, 0) is 19.8 Å². The van der Waals surface area contributed by atoms with E-state index in [-0.39, 0.29) is 18.1 Å². The van der Waals surface area contributed by atoms with Crippen molar-refractivity contribution >= 4 is 10.0 Å². The zero-order chi connectivity index (χ0) is 7.61. The van der Waals surface area contributed by atoms with Gasteiger partial charge in [-0.05, 0) is 6.08 Å². The van der Waals surface area contributed by atoms with Crippen molar-refractivity contribution in [3.63, 3.8) is 0 Å². The lowest BCUT2D eigenvalue weighted by Crippen LogP contribution is -2.17. The third-order valence-electron chi connectivity index (χ3n) is 0.888. The minimum atomic E-state index is -3.48. The largest absolute Gasteiger partial charge is 0.341 e. The van der Waals surface area contributed by atoms with Gasteiger partial charge in [0, 0.05) is 0 Å². The molecule has 0 aromatic carbocycles. The molecule has 1 aliphatic heterocycles. The van der Waals surface area contributed by atoms with Gasteiger partial charge < -0.3 is 4.89 Å². The van der Waals surface area contributed by atoms with Crippen LogP contribution in [-0.4, -0.2) is 20.8 Å². The SMILES string of the molecule is NS(=O)(=O)CC1=CCOO1. The quantitative estimate of drug-likeness (QED) is 0.539. The smallest absolute Gasteiger partial charge is 0.216 e. The summed E-state index contributed by atoms with van der Waals surface area (Å²) in [4.78, 5) is 8.82. The van der Waals surface area contributed by atoms with Gasteiger partial charge >= 0.3 is 0 Å². The van der Waals surface area contributed by atoms with Gasteiger partial charge in [-0.2, -0.15) is 4.89 Å². The third-order valence-corrected chi connectivity index (χ3v) is 1.58. The minimum Gasteiger partial charge on any atom is -0.341 e. The molecule has 0 bridgehead atoms. The Morgan fingerprint density at radius 2 is 2.40 bits per heavy atom. The Labute approximate surface area is 58.4 Å². The van der Waals surface area contributed by atoms with Crippen molar-refractivity contribution in [2.24, 2.45) is 5.14 Å². The molecule has 0 radical (unpaired) electrons. The van der Waals surface area contributed by atoms with E-state index in [9.17, 15) is 8.42 Å². The summed E-state index contributed by atoms with van der Waals surface area (Å²) >= 11 is 0. The van der Waals surface area contributed by atoms with Crippen LogP contribution in [0.15, 0.2) is 11.8 Å². The van der Waals surface area contributed by atoms with Crippen molar-refractivity contribution in [1.29, 1.82) is 0 Å². The van der Waals surface area contributed by atoms with E-state index >= 15 is 0 Å². The monoisotopic (exact) mass is 165 g/mol. The van der Waals surface area contributed by atoms with Crippen LogP contribution in [0, 0.1) is 0 Å². The van der Waals surface area contributed by atoms with Gasteiger partial charge in [0.05, 0.1) is 0 Å². The lowest BCUT2D eigenvalue weighted by atomic mass is 10.5. The highest BCUT2D eigenvalue weighted by molar-refractivity contribution is 7.89. The molecule has 0 saturated carbocycles. The second-order valence-electron chi connectivity index (χ2n) is 1.85. The van der Waals surface area contributed by atoms with E-state index in [2.05, 4.69) is 9.78 Å². The van der Waals surface area contributed by atoms with E-state index in [0.29, 0.717) is 0 Å². The predicted molar refractivity (Wildman–Crippen MR) is 33.1 cm³/mol. The molecule has 5 nitrogen and oxygen atoms in total. The van der Waals surface area contributed by atoms with Gasteiger partial charge in [-0.15, -0.1) is 0 Å². The maximum absolute atomic E-state index is 10.4. The summed E-state index contributed by atoms with van der Waals surface area (Å²) in [7, 11) is -3.48. The summed E-state index contributed by atoms with van der Waals surface area (Å²) in [6, 6.07) is 0. The Balaban J connectivity index is 2.54. The molecule has 0 aromatic heterocycles. The first-order chi connectivity index (χ1) is 4.58. The predicted octanol–water partition coefficient (Wildman–Crippen LogP) is -0.879. The third kappa shape index (κ3) is 2.34. The lowest BCUT2D eigenvalue weighted by Gasteiger charge is -1.96. The van der Waals surface area contributed by atoms with Crippen LogP contribution in [0.25, 0.3) is 0 Å². The first kappa shape index (κ1) is 7.52. The van der Waals surface area contributed by atoms with Gasteiger partial charge in [0.25, 0.3) is 0 Å². The van der Waals surface area contributed by atoms with Crippen LogP contribution >= 0.6 is 0 Å². The normalized spacial score (nSPS) is 18.3. The fourth-order valence-electron chi connectivity index (χ4n) is 0.552.